The SMILES string of the molecule is O=C(O)C1CCC(Nc2ccc(COCc3ccccc3)cc2)CC1. The monoisotopic (exact) mass is 339 g/mol. The first-order valence-corrected chi connectivity index (χ1v) is 8.90. The summed E-state index contributed by atoms with van der Waals surface area (Å²) in [5, 5.41) is 12.6. The molecule has 2 N–H and O–H groups in total. The highest BCUT2D eigenvalue weighted by Crippen LogP contribution is 2.27. The average molecular weight is 339 g/mol. The summed E-state index contributed by atoms with van der Waals surface area (Å²) in [6, 6.07) is 18.8. The smallest absolute Gasteiger partial charge is 0.306 e. The number of hydrogen-bond acceptors (Lipinski definition) is 3. The molecule has 0 atom stereocenters. The molecule has 2 aromatic carbocycles. The molecule has 0 unspecified atom stereocenters. The molecule has 0 amide bonds. The molecular formula is C21H25NO3. The van der Waals surface area contributed by atoms with Crippen molar-refractivity contribution in [2.24, 2.45) is 5.92 Å². The van der Waals surface area contributed by atoms with E-state index in [0.29, 0.717) is 19.3 Å². The lowest BCUT2D eigenvalue weighted by Crippen LogP contribution is -2.29. The lowest BCUT2D eigenvalue weighted by atomic mass is 9.86. The van der Waals surface area contributed by atoms with E-state index in [4.69, 9.17) is 9.84 Å². The summed E-state index contributed by atoms with van der Waals surface area (Å²) >= 11 is 0. The van der Waals surface area contributed by atoms with E-state index in [2.05, 4.69) is 41.7 Å². The van der Waals surface area contributed by atoms with Crippen LogP contribution in [-0.2, 0) is 22.7 Å². The average Bonchev–Trinajstić information content (AvgIpc) is 2.64. The van der Waals surface area contributed by atoms with Gasteiger partial charge in [-0.2, -0.15) is 0 Å². The Morgan fingerprint density at radius 1 is 0.920 bits per heavy atom. The van der Waals surface area contributed by atoms with E-state index in [1.54, 1.807) is 0 Å². The first kappa shape index (κ1) is 17.5. The number of carboxylic acids is 1. The number of carbonyl (C=O) groups is 1. The third-order valence-electron chi connectivity index (χ3n) is 4.78. The lowest BCUT2D eigenvalue weighted by molar-refractivity contribution is -0.142. The van der Waals surface area contributed by atoms with Crippen LogP contribution < -0.4 is 5.32 Å². The Hall–Kier alpha value is -2.33. The van der Waals surface area contributed by atoms with E-state index in [9.17, 15) is 4.79 Å². The van der Waals surface area contributed by atoms with Gasteiger partial charge in [-0.15, -0.1) is 0 Å². The molecule has 0 aliphatic heterocycles. The Bertz CT molecular complexity index is 661. The second kappa shape index (κ2) is 8.67. The van der Waals surface area contributed by atoms with Crippen molar-refractivity contribution in [2.75, 3.05) is 5.32 Å². The zero-order chi connectivity index (χ0) is 17.5. The van der Waals surface area contributed by atoms with Gasteiger partial charge in [0, 0.05) is 11.7 Å². The molecule has 4 nitrogen and oxygen atoms in total. The number of aliphatic carboxylic acids is 1. The minimum Gasteiger partial charge on any atom is -0.481 e. The fraction of sp³-hybridized carbons (Fsp3) is 0.381. The first-order valence-electron chi connectivity index (χ1n) is 8.90. The minimum absolute atomic E-state index is 0.165. The van der Waals surface area contributed by atoms with Crippen molar-refractivity contribution < 1.29 is 14.6 Å². The molecule has 0 saturated heterocycles. The highest BCUT2D eigenvalue weighted by molar-refractivity contribution is 5.70. The van der Waals surface area contributed by atoms with Crippen LogP contribution in [0.3, 0.4) is 0 Å². The van der Waals surface area contributed by atoms with Crippen molar-refractivity contribution in [3.8, 4) is 0 Å². The van der Waals surface area contributed by atoms with Gasteiger partial charge in [-0.05, 0) is 48.9 Å². The number of anilines is 1. The Morgan fingerprint density at radius 3 is 2.12 bits per heavy atom. The summed E-state index contributed by atoms with van der Waals surface area (Å²) in [5.41, 5.74) is 3.42. The Balaban J connectivity index is 1.42. The molecule has 0 bridgehead atoms. The van der Waals surface area contributed by atoms with E-state index >= 15 is 0 Å². The van der Waals surface area contributed by atoms with Gasteiger partial charge in [0.15, 0.2) is 0 Å². The molecule has 4 heteroatoms. The van der Waals surface area contributed by atoms with Gasteiger partial charge in [-0.25, -0.2) is 0 Å². The molecule has 1 aliphatic carbocycles. The number of ether oxygens (including phenoxy) is 1. The molecule has 3 rings (SSSR count). The Morgan fingerprint density at radius 2 is 1.52 bits per heavy atom. The molecule has 0 radical (unpaired) electrons. The van der Waals surface area contributed by atoms with Crippen molar-refractivity contribution in [2.45, 2.75) is 44.9 Å². The molecule has 132 valence electrons. The van der Waals surface area contributed by atoms with Crippen LogP contribution in [0.25, 0.3) is 0 Å². The predicted octanol–water partition coefficient (Wildman–Crippen LogP) is 4.46. The van der Waals surface area contributed by atoms with Crippen LogP contribution in [0.5, 0.6) is 0 Å². The molecule has 1 saturated carbocycles. The van der Waals surface area contributed by atoms with Crippen LogP contribution in [-0.4, -0.2) is 17.1 Å². The molecule has 2 aromatic rings. The molecule has 1 aliphatic rings. The zero-order valence-electron chi connectivity index (χ0n) is 14.4. The first-order chi connectivity index (χ1) is 12.2. The van der Waals surface area contributed by atoms with Gasteiger partial charge in [0.05, 0.1) is 19.1 Å². The Kier molecular flexibility index (Phi) is 6.07. The van der Waals surface area contributed by atoms with Crippen LogP contribution in [0.15, 0.2) is 54.6 Å². The maximum Gasteiger partial charge on any atom is 0.306 e. The summed E-state index contributed by atoms with van der Waals surface area (Å²) in [5.74, 6) is -0.819. The number of nitrogens with one attached hydrogen (secondary N) is 1. The second-order valence-corrected chi connectivity index (χ2v) is 6.71. The largest absolute Gasteiger partial charge is 0.481 e. The second-order valence-electron chi connectivity index (χ2n) is 6.71. The van der Waals surface area contributed by atoms with Gasteiger partial charge >= 0.3 is 5.97 Å². The summed E-state index contributed by atoms with van der Waals surface area (Å²) < 4.78 is 5.75. The fourth-order valence-corrected chi connectivity index (χ4v) is 3.28. The van der Waals surface area contributed by atoms with Gasteiger partial charge < -0.3 is 15.2 Å². The topological polar surface area (TPSA) is 58.6 Å². The van der Waals surface area contributed by atoms with Crippen molar-refractivity contribution in [3.05, 3.63) is 65.7 Å². The molecule has 1 fully saturated rings. The summed E-state index contributed by atoms with van der Waals surface area (Å²) in [6.45, 7) is 1.21. The van der Waals surface area contributed by atoms with Gasteiger partial charge in [0.1, 0.15) is 0 Å². The van der Waals surface area contributed by atoms with Crippen molar-refractivity contribution in [3.63, 3.8) is 0 Å². The van der Waals surface area contributed by atoms with Crippen molar-refractivity contribution in [1.29, 1.82) is 0 Å². The van der Waals surface area contributed by atoms with E-state index < -0.39 is 5.97 Å². The minimum atomic E-state index is -0.654. The van der Waals surface area contributed by atoms with E-state index in [1.807, 2.05) is 18.2 Å². The number of rotatable bonds is 7. The zero-order valence-corrected chi connectivity index (χ0v) is 14.4. The van der Waals surface area contributed by atoms with E-state index in [1.165, 1.54) is 5.56 Å². The van der Waals surface area contributed by atoms with Gasteiger partial charge in [0.2, 0.25) is 0 Å². The number of benzene rings is 2. The summed E-state index contributed by atoms with van der Waals surface area (Å²) in [7, 11) is 0. The highest BCUT2D eigenvalue weighted by Gasteiger charge is 2.25. The lowest BCUT2D eigenvalue weighted by Gasteiger charge is -2.27. The quantitative estimate of drug-likeness (QED) is 0.782. The van der Waals surface area contributed by atoms with Crippen LogP contribution >= 0.6 is 0 Å². The van der Waals surface area contributed by atoms with E-state index in [0.717, 1.165) is 36.9 Å². The maximum absolute atomic E-state index is 11.0. The summed E-state index contributed by atoms with van der Waals surface area (Å²) in [6.07, 6.45) is 3.36. The molecule has 0 heterocycles. The summed E-state index contributed by atoms with van der Waals surface area (Å²) in [4.78, 5) is 11.0. The van der Waals surface area contributed by atoms with Crippen LogP contribution in [0, 0.1) is 5.92 Å². The number of hydrogen-bond donors (Lipinski definition) is 2. The predicted molar refractivity (Wildman–Crippen MR) is 98.4 cm³/mol. The van der Waals surface area contributed by atoms with E-state index in [-0.39, 0.29) is 5.92 Å². The number of carboxylic acid groups (broad SMARTS) is 1. The molecule has 25 heavy (non-hydrogen) atoms. The van der Waals surface area contributed by atoms with Gasteiger partial charge in [-0.1, -0.05) is 42.5 Å². The fourth-order valence-electron chi connectivity index (χ4n) is 3.28. The standard InChI is InChI=1S/C21H25NO3/c23-21(24)18-8-12-20(13-9-18)22-19-10-6-17(7-11-19)15-25-14-16-4-2-1-3-5-16/h1-7,10-11,18,20,22H,8-9,12-15H2,(H,23,24). The Labute approximate surface area is 148 Å². The molecule has 0 aromatic heterocycles. The van der Waals surface area contributed by atoms with Crippen LogP contribution in [0.4, 0.5) is 5.69 Å². The maximum atomic E-state index is 11.0. The third kappa shape index (κ3) is 5.33. The van der Waals surface area contributed by atoms with Gasteiger partial charge in [-0.3, -0.25) is 4.79 Å². The molecule has 0 spiro atoms. The van der Waals surface area contributed by atoms with Gasteiger partial charge in [0.25, 0.3) is 0 Å². The van der Waals surface area contributed by atoms with Crippen molar-refractivity contribution in [1.82, 2.24) is 0 Å². The molecular weight excluding hydrogens is 314 g/mol. The van der Waals surface area contributed by atoms with Crippen LogP contribution in [0.1, 0.15) is 36.8 Å². The highest BCUT2D eigenvalue weighted by atomic mass is 16.5. The third-order valence-corrected chi connectivity index (χ3v) is 4.78. The normalized spacial score (nSPS) is 20.2. The van der Waals surface area contributed by atoms with Crippen LogP contribution in [0.2, 0.25) is 0 Å². The van der Waals surface area contributed by atoms with Crippen molar-refractivity contribution >= 4 is 11.7 Å².